The number of aliphatic imine (C=N–C) groups is 1. The highest BCUT2D eigenvalue weighted by Gasteiger charge is 2.51. The van der Waals surface area contributed by atoms with E-state index >= 15 is 0 Å². The largest absolute Gasteiger partial charge is 0.480 e. The van der Waals surface area contributed by atoms with Gasteiger partial charge in [0.2, 0.25) is 0 Å². The van der Waals surface area contributed by atoms with Crippen molar-refractivity contribution in [2.24, 2.45) is 34.1 Å². The highest BCUT2D eigenvalue weighted by Crippen LogP contribution is 2.62. The van der Waals surface area contributed by atoms with Crippen molar-refractivity contribution in [3.8, 4) is 0 Å². The van der Waals surface area contributed by atoms with Crippen molar-refractivity contribution < 1.29 is 14.7 Å². The number of nitrogens with zero attached hydrogens (tertiary/aromatic N) is 1. The molecular formula is C24H28ClNO3S. The summed E-state index contributed by atoms with van der Waals surface area (Å²) in [7, 11) is 0. The van der Waals surface area contributed by atoms with Gasteiger partial charge in [-0.25, -0.2) is 4.99 Å². The third kappa shape index (κ3) is 4.08. The van der Waals surface area contributed by atoms with Crippen LogP contribution in [0, 0.1) is 29.1 Å². The second kappa shape index (κ2) is 7.98. The van der Waals surface area contributed by atoms with Crippen molar-refractivity contribution in [1.29, 1.82) is 0 Å². The molecule has 6 rings (SSSR count). The third-order valence-corrected chi connectivity index (χ3v) is 9.33. The molecule has 4 aliphatic carbocycles. The molecule has 0 amide bonds. The first-order chi connectivity index (χ1) is 14.4. The van der Waals surface area contributed by atoms with E-state index < -0.39 is 11.2 Å². The molecule has 6 heteroatoms. The van der Waals surface area contributed by atoms with Crippen LogP contribution < -0.4 is 0 Å². The summed E-state index contributed by atoms with van der Waals surface area (Å²) in [6.45, 7) is 0. The van der Waals surface area contributed by atoms with Crippen LogP contribution in [-0.2, 0) is 9.59 Å². The topological polar surface area (TPSA) is 66.7 Å². The molecule has 160 valence electrons. The molecule has 5 fully saturated rings. The number of hydrogen-bond donors (Lipinski definition) is 1. The molecule has 1 aliphatic heterocycles. The summed E-state index contributed by atoms with van der Waals surface area (Å²) in [5.41, 5.74) is 1.13. The third-order valence-electron chi connectivity index (χ3n) is 7.81. The quantitative estimate of drug-likeness (QED) is 0.590. The first-order valence-corrected chi connectivity index (χ1v) is 12.4. The molecule has 1 aromatic rings. The first kappa shape index (κ1) is 20.6. The Balaban J connectivity index is 1.36. The van der Waals surface area contributed by atoms with E-state index in [0.29, 0.717) is 15.5 Å². The first-order valence-electron chi connectivity index (χ1n) is 11.2. The molecule has 2 atom stereocenters. The van der Waals surface area contributed by atoms with E-state index in [1.54, 1.807) is 12.1 Å². The number of aliphatic carboxylic acids is 1. The number of hydrogen-bond acceptors (Lipinski definition) is 4. The van der Waals surface area contributed by atoms with E-state index in [9.17, 15) is 14.7 Å². The molecule has 1 saturated heterocycles. The van der Waals surface area contributed by atoms with E-state index in [4.69, 9.17) is 16.6 Å². The van der Waals surface area contributed by atoms with Gasteiger partial charge in [-0.2, -0.15) is 0 Å². The summed E-state index contributed by atoms with van der Waals surface area (Å²) in [6.07, 6.45) is 10.2. The average Bonchev–Trinajstić information content (AvgIpc) is 2.68. The van der Waals surface area contributed by atoms with Gasteiger partial charge in [0, 0.05) is 11.4 Å². The fraction of sp³-hybridized carbons (Fsp3) is 0.625. The van der Waals surface area contributed by atoms with Crippen LogP contribution in [0.4, 0.5) is 5.69 Å². The van der Waals surface area contributed by atoms with Gasteiger partial charge in [-0.15, -0.1) is 0 Å². The molecule has 4 bridgehead atoms. The van der Waals surface area contributed by atoms with Gasteiger partial charge in [-0.05, 0) is 98.8 Å². The fourth-order valence-corrected chi connectivity index (χ4v) is 8.29. The Hall–Kier alpha value is -1.33. The maximum absolute atomic E-state index is 13.0. The molecule has 4 saturated carbocycles. The lowest BCUT2D eigenvalue weighted by Gasteiger charge is -2.57. The second-order valence-corrected chi connectivity index (χ2v) is 11.7. The predicted molar refractivity (Wildman–Crippen MR) is 121 cm³/mol. The molecular weight excluding hydrogens is 418 g/mol. The summed E-state index contributed by atoms with van der Waals surface area (Å²) in [4.78, 5) is 29.3. The Morgan fingerprint density at radius 3 is 2.27 bits per heavy atom. The van der Waals surface area contributed by atoms with Crippen molar-refractivity contribution in [1.82, 2.24) is 0 Å². The Morgan fingerprint density at radius 2 is 1.70 bits per heavy atom. The minimum atomic E-state index is -0.934. The molecule has 0 aromatic heterocycles. The number of carbonyl (C=O) groups is 2. The number of benzene rings is 1. The van der Waals surface area contributed by atoms with Crippen LogP contribution in [0.25, 0.3) is 0 Å². The summed E-state index contributed by atoms with van der Waals surface area (Å²) < 4.78 is 0. The monoisotopic (exact) mass is 445 g/mol. The molecule has 1 heterocycles. The van der Waals surface area contributed by atoms with Gasteiger partial charge < -0.3 is 5.11 Å². The van der Waals surface area contributed by atoms with Crippen LogP contribution in [0.2, 0.25) is 5.02 Å². The van der Waals surface area contributed by atoms with Gasteiger partial charge in [0.15, 0.2) is 0 Å². The highest BCUT2D eigenvalue weighted by molar-refractivity contribution is 8.15. The molecule has 1 N–H and O–H groups in total. The van der Waals surface area contributed by atoms with Gasteiger partial charge in [-0.3, -0.25) is 9.59 Å². The van der Waals surface area contributed by atoms with E-state index in [-0.39, 0.29) is 18.1 Å². The number of rotatable bonds is 5. The molecule has 1 aromatic carbocycles. The van der Waals surface area contributed by atoms with Crippen molar-refractivity contribution >= 4 is 45.8 Å². The summed E-state index contributed by atoms with van der Waals surface area (Å²) in [6, 6.07) is 7.19. The number of halogens is 1. The highest BCUT2D eigenvalue weighted by atomic mass is 35.5. The van der Waals surface area contributed by atoms with Crippen LogP contribution in [0.3, 0.4) is 0 Å². The summed E-state index contributed by atoms with van der Waals surface area (Å²) >= 11 is 7.25. The Kier molecular flexibility index (Phi) is 5.47. The van der Waals surface area contributed by atoms with Crippen LogP contribution >= 0.6 is 23.4 Å². The Bertz CT molecular complexity index is 846. The molecule has 0 spiro atoms. The van der Waals surface area contributed by atoms with E-state index in [2.05, 4.69) is 0 Å². The normalized spacial score (nSPS) is 38.9. The van der Waals surface area contributed by atoms with E-state index in [1.807, 2.05) is 12.1 Å². The lowest BCUT2D eigenvalue weighted by molar-refractivity contribution is -0.138. The van der Waals surface area contributed by atoms with Gasteiger partial charge in [0.1, 0.15) is 11.0 Å². The van der Waals surface area contributed by atoms with Gasteiger partial charge in [0.05, 0.1) is 16.6 Å². The molecule has 0 radical (unpaired) electrons. The zero-order chi connectivity index (χ0) is 20.9. The van der Waals surface area contributed by atoms with Crippen LogP contribution in [0.1, 0.15) is 57.8 Å². The standard InChI is InChI=1S/C24H28ClNO3S/c25-17-1-3-18(4-2-17)26-22-19(20(27)10-21(30-22)23(28)29)5-6-24-11-14-7-15(12-24)9-16(8-14)13-24/h1-4,14-16,19,21H,5-13H2,(H,28,29). The van der Waals surface area contributed by atoms with Crippen molar-refractivity contribution in [2.75, 3.05) is 0 Å². The van der Waals surface area contributed by atoms with Gasteiger partial charge in [0.25, 0.3) is 0 Å². The lowest BCUT2D eigenvalue weighted by Crippen LogP contribution is -2.46. The molecule has 30 heavy (non-hydrogen) atoms. The maximum atomic E-state index is 13.0. The fourth-order valence-electron chi connectivity index (χ4n) is 6.95. The van der Waals surface area contributed by atoms with Crippen LogP contribution in [0.15, 0.2) is 29.3 Å². The Labute approximate surface area is 186 Å². The van der Waals surface area contributed by atoms with Crippen LogP contribution in [0.5, 0.6) is 0 Å². The number of thioether (sulfide) groups is 1. The second-order valence-electron chi connectivity index (χ2n) is 10.1. The van der Waals surface area contributed by atoms with Crippen LogP contribution in [-0.4, -0.2) is 27.2 Å². The summed E-state index contributed by atoms with van der Waals surface area (Å²) in [5, 5.41) is 10.1. The lowest BCUT2D eigenvalue weighted by atomic mass is 9.48. The van der Waals surface area contributed by atoms with Crippen molar-refractivity contribution in [3.05, 3.63) is 29.3 Å². The van der Waals surface area contributed by atoms with Crippen molar-refractivity contribution in [2.45, 2.75) is 63.0 Å². The van der Waals surface area contributed by atoms with Gasteiger partial charge >= 0.3 is 5.97 Å². The molecule has 5 aliphatic rings. The predicted octanol–water partition coefficient (Wildman–Crippen LogP) is 6.14. The van der Waals surface area contributed by atoms with Crippen molar-refractivity contribution in [3.63, 3.8) is 0 Å². The number of carbonyl (C=O) groups excluding carboxylic acids is 1. The maximum Gasteiger partial charge on any atom is 0.317 e. The minimum absolute atomic E-state index is 0.0404. The number of ketones is 1. The summed E-state index contributed by atoms with van der Waals surface area (Å²) in [5.74, 6) is 1.52. The zero-order valence-electron chi connectivity index (χ0n) is 17.1. The smallest absolute Gasteiger partial charge is 0.317 e. The van der Waals surface area contributed by atoms with E-state index in [0.717, 1.165) is 36.3 Å². The number of Topliss-reactive ketones (excluding diaryl/α,β-unsaturated/α-hetero) is 1. The number of carboxylic acid groups (broad SMARTS) is 1. The zero-order valence-corrected chi connectivity index (χ0v) is 18.6. The average molecular weight is 446 g/mol. The van der Waals surface area contributed by atoms with Gasteiger partial charge in [-0.1, -0.05) is 23.4 Å². The van der Waals surface area contributed by atoms with E-state index in [1.165, 1.54) is 50.3 Å². The number of carboxylic acids is 1. The molecule has 4 nitrogen and oxygen atoms in total. The molecule has 2 unspecified atom stereocenters. The Morgan fingerprint density at radius 1 is 1.10 bits per heavy atom. The SMILES string of the molecule is O=C(O)C1CC(=O)C(CCC23CC4CC(CC(C4)C2)C3)C(=Nc2ccc(Cl)cc2)S1. The minimum Gasteiger partial charge on any atom is -0.480 e.